The zero-order valence-electron chi connectivity index (χ0n) is 17.0. The van der Waals surface area contributed by atoms with E-state index in [0.717, 1.165) is 12.0 Å². The molecule has 0 aromatic heterocycles. The second kappa shape index (κ2) is 9.02. The number of carbonyl (C=O) groups is 1. The van der Waals surface area contributed by atoms with Crippen molar-refractivity contribution in [1.82, 2.24) is 0 Å². The van der Waals surface area contributed by atoms with E-state index in [0.29, 0.717) is 18.7 Å². The lowest BCUT2D eigenvalue weighted by Gasteiger charge is -2.30. The van der Waals surface area contributed by atoms with Gasteiger partial charge in [-0.3, -0.25) is 4.31 Å². The first kappa shape index (κ1) is 22.5. The normalized spacial score (nSPS) is 13.4. The Morgan fingerprint density at radius 2 is 1.78 bits per heavy atom. The average Bonchev–Trinajstić information content (AvgIpc) is 2.81. The number of methoxy groups -OCH3 is 1. The topological polar surface area (TPSA) is 72.9 Å². The molecular formula is C23H19Cl2NO5S. The number of para-hydroxylation sites is 1. The van der Waals surface area contributed by atoms with Crippen molar-refractivity contribution in [2.45, 2.75) is 17.7 Å². The summed E-state index contributed by atoms with van der Waals surface area (Å²) in [6.07, 6.45) is 1.49. The number of esters is 1. The zero-order chi connectivity index (χ0) is 22.9. The van der Waals surface area contributed by atoms with Crippen molar-refractivity contribution in [3.05, 3.63) is 81.8 Å². The van der Waals surface area contributed by atoms with Gasteiger partial charge >= 0.3 is 5.97 Å². The molecule has 3 aromatic rings. The third-order valence-corrected chi connectivity index (χ3v) is 7.79. The molecule has 1 heterocycles. The molecule has 32 heavy (non-hydrogen) atoms. The number of nitrogens with zero attached hydrogens (tertiary/aromatic N) is 1. The van der Waals surface area contributed by atoms with Gasteiger partial charge in [0.25, 0.3) is 10.0 Å². The highest BCUT2D eigenvalue weighted by Gasteiger charge is 2.32. The second-order valence-corrected chi connectivity index (χ2v) is 9.73. The van der Waals surface area contributed by atoms with E-state index in [2.05, 4.69) is 0 Å². The van der Waals surface area contributed by atoms with Gasteiger partial charge in [0.1, 0.15) is 15.7 Å². The average molecular weight is 492 g/mol. The smallest absolute Gasteiger partial charge is 0.343 e. The lowest BCUT2D eigenvalue weighted by molar-refractivity contribution is 0.0734. The van der Waals surface area contributed by atoms with E-state index in [1.807, 2.05) is 12.1 Å². The predicted octanol–water partition coefficient (Wildman–Crippen LogP) is 5.36. The molecule has 0 saturated carbocycles. The number of ether oxygens (including phenoxy) is 2. The fraction of sp³-hybridized carbons (Fsp3) is 0.174. The maximum Gasteiger partial charge on any atom is 0.343 e. The lowest BCUT2D eigenvalue weighted by atomic mass is 10.0. The van der Waals surface area contributed by atoms with Crippen molar-refractivity contribution in [2.75, 3.05) is 18.0 Å². The number of anilines is 1. The fourth-order valence-corrected chi connectivity index (χ4v) is 5.65. The van der Waals surface area contributed by atoms with Crippen LogP contribution in [0.5, 0.6) is 11.5 Å². The van der Waals surface area contributed by atoms with Crippen LogP contribution in [0.15, 0.2) is 65.6 Å². The first-order valence-electron chi connectivity index (χ1n) is 9.78. The summed E-state index contributed by atoms with van der Waals surface area (Å²) in [7, 11) is -2.63. The van der Waals surface area contributed by atoms with Gasteiger partial charge in [-0.15, -0.1) is 0 Å². The van der Waals surface area contributed by atoms with Gasteiger partial charge < -0.3 is 9.47 Å². The molecule has 0 N–H and O–H groups in total. The highest BCUT2D eigenvalue weighted by atomic mass is 35.5. The monoisotopic (exact) mass is 491 g/mol. The second-order valence-electron chi connectivity index (χ2n) is 7.12. The van der Waals surface area contributed by atoms with Crippen LogP contribution in [0.2, 0.25) is 10.0 Å². The quantitative estimate of drug-likeness (QED) is 0.354. The predicted molar refractivity (Wildman–Crippen MR) is 124 cm³/mol. The van der Waals surface area contributed by atoms with Crippen molar-refractivity contribution < 1.29 is 22.7 Å². The van der Waals surface area contributed by atoms with Gasteiger partial charge in [0.15, 0.2) is 5.75 Å². The molecule has 0 amide bonds. The molecule has 9 heteroatoms. The van der Waals surface area contributed by atoms with Crippen molar-refractivity contribution >= 4 is 44.9 Å². The van der Waals surface area contributed by atoms with Crippen LogP contribution >= 0.6 is 23.2 Å². The molecular weight excluding hydrogens is 473 g/mol. The van der Waals surface area contributed by atoms with Crippen LogP contribution in [-0.2, 0) is 16.4 Å². The summed E-state index contributed by atoms with van der Waals surface area (Å²) < 4.78 is 39.2. The zero-order valence-corrected chi connectivity index (χ0v) is 19.4. The van der Waals surface area contributed by atoms with Gasteiger partial charge in [0.2, 0.25) is 0 Å². The fourth-order valence-electron chi connectivity index (χ4n) is 3.59. The Hall–Kier alpha value is -2.74. The minimum Gasteiger partial charge on any atom is -0.495 e. The summed E-state index contributed by atoms with van der Waals surface area (Å²) in [6, 6.07) is 16.1. The number of sulfonamides is 1. The van der Waals surface area contributed by atoms with E-state index in [9.17, 15) is 13.2 Å². The molecule has 0 fully saturated rings. The van der Waals surface area contributed by atoms with E-state index in [-0.39, 0.29) is 32.0 Å². The van der Waals surface area contributed by atoms with Crippen molar-refractivity contribution in [2.24, 2.45) is 0 Å². The number of aryl methyl sites for hydroxylation is 1. The number of hydrogen-bond acceptors (Lipinski definition) is 5. The highest BCUT2D eigenvalue weighted by molar-refractivity contribution is 7.93. The standard InChI is InChI=1S/C23H19Cl2NO5S/c1-30-19-12-11-16(23(27)31-20-10-4-8-17(24)22(20)25)14-21(19)32(28,29)26-13-5-7-15-6-2-3-9-18(15)26/h2-4,6,8-12,14H,5,7,13H2,1H3. The van der Waals surface area contributed by atoms with Crippen LogP contribution in [0.3, 0.4) is 0 Å². The number of rotatable bonds is 5. The molecule has 0 unspecified atom stereocenters. The highest BCUT2D eigenvalue weighted by Crippen LogP contribution is 2.36. The van der Waals surface area contributed by atoms with Gasteiger partial charge in [0.05, 0.1) is 23.4 Å². The number of benzene rings is 3. The van der Waals surface area contributed by atoms with Gasteiger partial charge in [-0.1, -0.05) is 47.5 Å². The Morgan fingerprint density at radius 1 is 1.00 bits per heavy atom. The largest absolute Gasteiger partial charge is 0.495 e. The van der Waals surface area contributed by atoms with Crippen molar-refractivity contribution in [1.29, 1.82) is 0 Å². The Morgan fingerprint density at radius 3 is 2.56 bits per heavy atom. The molecule has 4 rings (SSSR count). The maximum absolute atomic E-state index is 13.6. The van der Waals surface area contributed by atoms with Crippen molar-refractivity contribution in [3.63, 3.8) is 0 Å². The van der Waals surface area contributed by atoms with Gasteiger partial charge in [-0.05, 0) is 54.8 Å². The maximum atomic E-state index is 13.6. The van der Waals surface area contributed by atoms with Crippen LogP contribution in [0.25, 0.3) is 0 Å². The summed E-state index contributed by atoms with van der Waals surface area (Å²) in [4.78, 5) is 12.6. The van der Waals surface area contributed by atoms with Crippen LogP contribution in [0, 0.1) is 0 Å². The molecule has 166 valence electrons. The first-order chi connectivity index (χ1) is 15.3. The molecule has 0 radical (unpaired) electrons. The molecule has 0 spiro atoms. The third-order valence-electron chi connectivity index (χ3n) is 5.15. The number of carbonyl (C=O) groups excluding carboxylic acids is 1. The Labute approximate surface area is 196 Å². The van der Waals surface area contributed by atoms with Gasteiger partial charge in [-0.25, -0.2) is 13.2 Å². The SMILES string of the molecule is COc1ccc(C(=O)Oc2cccc(Cl)c2Cl)cc1S(=O)(=O)N1CCCc2ccccc21. The van der Waals surface area contributed by atoms with Crippen LogP contribution in [0.4, 0.5) is 5.69 Å². The van der Waals surface area contributed by atoms with Gasteiger partial charge in [0, 0.05) is 6.54 Å². The third kappa shape index (κ3) is 4.16. The molecule has 0 aliphatic carbocycles. The van der Waals surface area contributed by atoms with E-state index >= 15 is 0 Å². The molecule has 0 bridgehead atoms. The summed E-state index contributed by atoms with van der Waals surface area (Å²) in [5.41, 5.74) is 1.61. The van der Waals surface area contributed by atoms with Crippen LogP contribution in [-0.4, -0.2) is 28.0 Å². The van der Waals surface area contributed by atoms with E-state index in [1.165, 1.54) is 35.7 Å². The minimum atomic E-state index is -4.01. The number of hydrogen-bond donors (Lipinski definition) is 0. The summed E-state index contributed by atoms with van der Waals surface area (Å²) in [6.45, 7) is 0.329. The Kier molecular flexibility index (Phi) is 6.33. The minimum absolute atomic E-state index is 0.0331. The summed E-state index contributed by atoms with van der Waals surface area (Å²) in [5.74, 6) is -0.563. The molecule has 0 saturated heterocycles. The van der Waals surface area contributed by atoms with Crippen molar-refractivity contribution in [3.8, 4) is 11.5 Å². The molecule has 6 nitrogen and oxygen atoms in total. The summed E-state index contributed by atoms with van der Waals surface area (Å²) >= 11 is 12.1. The molecule has 1 aliphatic heterocycles. The lowest BCUT2D eigenvalue weighted by Crippen LogP contribution is -2.35. The Bertz CT molecular complexity index is 1290. The van der Waals surface area contributed by atoms with E-state index in [4.69, 9.17) is 32.7 Å². The van der Waals surface area contributed by atoms with E-state index in [1.54, 1.807) is 24.3 Å². The molecule has 3 aromatic carbocycles. The Balaban J connectivity index is 1.73. The van der Waals surface area contributed by atoms with Crippen LogP contribution < -0.4 is 13.8 Å². The van der Waals surface area contributed by atoms with Crippen LogP contribution in [0.1, 0.15) is 22.3 Å². The van der Waals surface area contributed by atoms with Gasteiger partial charge in [-0.2, -0.15) is 0 Å². The molecule has 1 aliphatic rings. The summed E-state index contributed by atoms with van der Waals surface area (Å²) in [5, 5.41) is 0.326. The molecule has 0 atom stereocenters. The number of halogens is 2. The first-order valence-corrected chi connectivity index (χ1v) is 12.0. The number of fused-ring (bicyclic) bond motifs is 1. The van der Waals surface area contributed by atoms with E-state index < -0.39 is 16.0 Å².